The van der Waals surface area contributed by atoms with Crippen LogP contribution < -0.4 is 11.1 Å². The van der Waals surface area contributed by atoms with E-state index in [1.54, 1.807) is 17.7 Å². The molecule has 0 amide bonds. The monoisotopic (exact) mass is 262 g/mol. The summed E-state index contributed by atoms with van der Waals surface area (Å²) in [4.78, 5) is 0. The van der Waals surface area contributed by atoms with Crippen LogP contribution >= 0.6 is 0 Å². The Bertz CT molecular complexity index is 589. The van der Waals surface area contributed by atoms with Crippen molar-refractivity contribution in [2.24, 2.45) is 7.05 Å². The molecule has 0 radical (unpaired) electrons. The van der Waals surface area contributed by atoms with E-state index < -0.39 is 0 Å². The van der Waals surface area contributed by atoms with Crippen LogP contribution in [0.25, 0.3) is 0 Å². The number of benzene rings is 1. The fraction of sp³-hybridized carbons (Fsp3) is 0.357. The molecule has 0 bridgehead atoms. The molecule has 2 aromatic rings. The number of hydrogen-bond acceptors (Lipinski definition) is 3. The van der Waals surface area contributed by atoms with Crippen molar-refractivity contribution < 1.29 is 4.39 Å². The number of nitrogen functional groups attached to an aromatic ring is 1. The molecule has 0 atom stereocenters. The number of nitrogens with one attached hydrogen (secondary N) is 1. The standard InChI is InChI=1S/C14H19FN4/c1-4-6-12-13(16)14(19(3)18-12)17-11-8-5-7-10(15)9(11)2/h5,7-8,17H,4,6,16H2,1-3H3. The van der Waals surface area contributed by atoms with Crippen molar-refractivity contribution in [1.82, 2.24) is 9.78 Å². The van der Waals surface area contributed by atoms with Gasteiger partial charge < -0.3 is 11.1 Å². The summed E-state index contributed by atoms with van der Waals surface area (Å²) in [6.07, 6.45) is 1.82. The third-order valence-corrected chi connectivity index (χ3v) is 3.17. The van der Waals surface area contributed by atoms with E-state index in [1.807, 2.05) is 13.1 Å². The molecule has 0 aliphatic heterocycles. The molecule has 0 saturated heterocycles. The highest BCUT2D eigenvalue weighted by Gasteiger charge is 2.14. The number of nitrogens with zero attached hydrogens (tertiary/aromatic N) is 2. The van der Waals surface area contributed by atoms with Gasteiger partial charge in [0.1, 0.15) is 5.82 Å². The zero-order valence-electron chi connectivity index (χ0n) is 11.5. The van der Waals surface area contributed by atoms with Crippen molar-refractivity contribution in [1.29, 1.82) is 0 Å². The molecule has 5 heteroatoms. The first-order valence-corrected chi connectivity index (χ1v) is 6.38. The summed E-state index contributed by atoms with van der Waals surface area (Å²) in [5, 5.41) is 7.55. The van der Waals surface area contributed by atoms with Crippen molar-refractivity contribution in [2.75, 3.05) is 11.1 Å². The number of rotatable bonds is 4. The number of halogens is 1. The van der Waals surface area contributed by atoms with Crippen molar-refractivity contribution in [3.63, 3.8) is 0 Å². The minimum atomic E-state index is -0.237. The smallest absolute Gasteiger partial charge is 0.152 e. The van der Waals surface area contributed by atoms with E-state index in [0.29, 0.717) is 22.8 Å². The largest absolute Gasteiger partial charge is 0.394 e. The first-order chi connectivity index (χ1) is 9.04. The molecular formula is C14H19FN4. The second-order valence-corrected chi connectivity index (χ2v) is 4.62. The minimum absolute atomic E-state index is 0.237. The lowest BCUT2D eigenvalue weighted by Gasteiger charge is -2.10. The summed E-state index contributed by atoms with van der Waals surface area (Å²) in [6.45, 7) is 3.81. The number of aryl methyl sites for hydroxylation is 2. The molecule has 1 aromatic heterocycles. The summed E-state index contributed by atoms with van der Waals surface area (Å²) in [6, 6.07) is 4.93. The van der Waals surface area contributed by atoms with Gasteiger partial charge in [0.25, 0.3) is 0 Å². The number of hydrogen-bond donors (Lipinski definition) is 2. The van der Waals surface area contributed by atoms with E-state index in [9.17, 15) is 4.39 Å². The van der Waals surface area contributed by atoms with Crippen molar-refractivity contribution >= 4 is 17.2 Å². The van der Waals surface area contributed by atoms with Gasteiger partial charge in [0.15, 0.2) is 5.82 Å². The summed E-state index contributed by atoms with van der Waals surface area (Å²) in [5.41, 5.74) is 8.87. The van der Waals surface area contributed by atoms with Crippen LogP contribution in [0, 0.1) is 12.7 Å². The van der Waals surface area contributed by atoms with Gasteiger partial charge in [-0.25, -0.2) is 4.39 Å². The summed E-state index contributed by atoms with van der Waals surface area (Å²) in [7, 11) is 1.83. The number of nitrogens with two attached hydrogens (primary N) is 1. The molecular weight excluding hydrogens is 243 g/mol. The van der Waals surface area contributed by atoms with E-state index in [2.05, 4.69) is 17.3 Å². The Kier molecular flexibility index (Phi) is 3.74. The van der Waals surface area contributed by atoms with E-state index in [-0.39, 0.29) is 5.82 Å². The quantitative estimate of drug-likeness (QED) is 0.890. The van der Waals surface area contributed by atoms with E-state index in [4.69, 9.17) is 5.73 Å². The van der Waals surface area contributed by atoms with Gasteiger partial charge in [0.2, 0.25) is 0 Å². The van der Waals surface area contributed by atoms with Gasteiger partial charge >= 0.3 is 0 Å². The normalized spacial score (nSPS) is 10.7. The molecule has 0 spiro atoms. The van der Waals surface area contributed by atoms with Crippen LogP contribution in [-0.2, 0) is 13.5 Å². The van der Waals surface area contributed by atoms with Crippen LogP contribution in [0.4, 0.5) is 21.6 Å². The van der Waals surface area contributed by atoms with Crippen molar-refractivity contribution in [2.45, 2.75) is 26.7 Å². The molecule has 1 heterocycles. The molecule has 0 saturated carbocycles. The van der Waals surface area contributed by atoms with Gasteiger partial charge in [-0.3, -0.25) is 4.68 Å². The Hall–Kier alpha value is -2.04. The molecule has 0 unspecified atom stereocenters. The van der Waals surface area contributed by atoms with Gasteiger partial charge in [0, 0.05) is 18.3 Å². The zero-order chi connectivity index (χ0) is 14.0. The first kappa shape index (κ1) is 13.4. The first-order valence-electron chi connectivity index (χ1n) is 6.38. The summed E-state index contributed by atoms with van der Waals surface area (Å²) >= 11 is 0. The summed E-state index contributed by atoms with van der Waals surface area (Å²) in [5.74, 6) is 0.469. The average Bonchev–Trinajstić information content (AvgIpc) is 2.63. The third kappa shape index (κ3) is 2.54. The Balaban J connectivity index is 2.36. The molecule has 0 fully saturated rings. The lowest BCUT2D eigenvalue weighted by atomic mass is 10.2. The molecule has 19 heavy (non-hydrogen) atoms. The highest BCUT2D eigenvalue weighted by Crippen LogP contribution is 2.28. The molecule has 1 aromatic carbocycles. The predicted octanol–water partition coefficient (Wildman–Crippen LogP) is 3.15. The van der Waals surface area contributed by atoms with Crippen LogP contribution in [0.5, 0.6) is 0 Å². The molecule has 3 N–H and O–H groups in total. The van der Waals surface area contributed by atoms with Gasteiger partial charge in [-0.2, -0.15) is 5.10 Å². The fourth-order valence-corrected chi connectivity index (χ4v) is 2.04. The van der Waals surface area contributed by atoms with Crippen molar-refractivity contribution in [3.8, 4) is 0 Å². The Morgan fingerprint density at radius 2 is 2.16 bits per heavy atom. The van der Waals surface area contributed by atoms with Crippen LogP contribution in [0.1, 0.15) is 24.6 Å². The fourth-order valence-electron chi connectivity index (χ4n) is 2.04. The minimum Gasteiger partial charge on any atom is -0.394 e. The average molecular weight is 262 g/mol. The third-order valence-electron chi connectivity index (χ3n) is 3.17. The Morgan fingerprint density at radius 1 is 1.42 bits per heavy atom. The highest BCUT2D eigenvalue weighted by atomic mass is 19.1. The highest BCUT2D eigenvalue weighted by molar-refractivity contribution is 5.72. The van der Waals surface area contributed by atoms with Gasteiger partial charge in [-0.1, -0.05) is 19.4 Å². The van der Waals surface area contributed by atoms with Gasteiger partial charge in [-0.15, -0.1) is 0 Å². The Morgan fingerprint density at radius 3 is 2.84 bits per heavy atom. The lowest BCUT2D eigenvalue weighted by Crippen LogP contribution is -2.03. The van der Waals surface area contributed by atoms with Crippen LogP contribution in [0.15, 0.2) is 18.2 Å². The Labute approximate surface area is 112 Å². The van der Waals surface area contributed by atoms with E-state index in [1.165, 1.54) is 6.07 Å². The van der Waals surface area contributed by atoms with Crippen LogP contribution in [0.2, 0.25) is 0 Å². The van der Waals surface area contributed by atoms with Gasteiger partial charge in [0.05, 0.1) is 11.4 Å². The second kappa shape index (κ2) is 5.30. The number of anilines is 3. The van der Waals surface area contributed by atoms with E-state index >= 15 is 0 Å². The molecule has 0 aliphatic carbocycles. The predicted molar refractivity (Wildman–Crippen MR) is 76.0 cm³/mol. The SMILES string of the molecule is CCCc1nn(C)c(Nc2cccc(F)c2C)c1N. The molecule has 102 valence electrons. The maximum atomic E-state index is 13.5. The van der Waals surface area contributed by atoms with E-state index in [0.717, 1.165) is 18.5 Å². The summed E-state index contributed by atoms with van der Waals surface area (Å²) < 4.78 is 15.2. The molecule has 2 rings (SSSR count). The van der Waals surface area contributed by atoms with Crippen LogP contribution in [-0.4, -0.2) is 9.78 Å². The zero-order valence-corrected chi connectivity index (χ0v) is 11.5. The molecule has 0 aliphatic rings. The maximum absolute atomic E-state index is 13.5. The van der Waals surface area contributed by atoms with Gasteiger partial charge in [-0.05, 0) is 25.5 Å². The van der Waals surface area contributed by atoms with Crippen LogP contribution in [0.3, 0.4) is 0 Å². The second-order valence-electron chi connectivity index (χ2n) is 4.62. The lowest BCUT2D eigenvalue weighted by molar-refractivity contribution is 0.619. The topological polar surface area (TPSA) is 55.9 Å². The molecule has 4 nitrogen and oxygen atoms in total. The van der Waals surface area contributed by atoms with Crippen molar-refractivity contribution in [3.05, 3.63) is 35.3 Å². The number of aromatic nitrogens is 2. The maximum Gasteiger partial charge on any atom is 0.152 e.